The summed E-state index contributed by atoms with van der Waals surface area (Å²) in [5.41, 5.74) is 0.719. The smallest absolute Gasteiger partial charge is 0.256 e. The Morgan fingerprint density at radius 3 is 1.20 bits per heavy atom. The highest BCUT2D eigenvalue weighted by atomic mass is 16.6. The molecule has 15 nitrogen and oxygen atoms in total. The van der Waals surface area contributed by atoms with Crippen LogP contribution in [0.5, 0.6) is 0 Å². The molecule has 2 aromatic rings. The highest BCUT2D eigenvalue weighted by molar-refractivity contribution is 6.00. The molecular formula is C40H58N4O11. The maximum absolute atomic E-state index is 14.0. The molecule has 0 N–H and O–H groups in total. The summed E-state index contributed by atoms with van der Waals surface area (Å²) in [7, 11) is 3.26. The van der Waals surface area contributed by atoms with E-state index in [9.17, 15) is 9.59 Å². The molecule has 2 unspecified atom stereocenters. The van der Waals surface area contributed by atoms with Gasteiger partial charge in [-0.1, -0.05) is 36.4 Å². The lowest BCUT2D eigenvalue weighted by atomic mass is 10.0. The fraction of sp³-hybridized carbons (Fsp3) is 0.650. The van der Waals surface area contributed by atoms with Crippen LogP contribution in [0.15, 0.2) is 48.5 Å². The second kappa shape index (κ2) is 20.9. The molecule has 4 heterocycles. The summed E-state index contributed by atoms with van der Waals surface area (Å²) in [6.45, 7) is 10.3. The van der Waals surface area contributed by atoms with Crippen molar-refractivity contribution in [2.24, 2.45) is 0 Å². The third kappa shape index (κ3) is 9.91. The van der Waals surface area contributed by atoms with Crippen LogP contribution in [0.3, 0.4) is 0 Å². The fourth-order valence-electron chi connectivity index (χ4n) is 7.71. The number of rotatable bonds is 5. The molecule has 304 valence electrons. The highest BCUT2D eigenvalue weighted by Crippen LogP contribution is 2.41. The summed E-state index contributed by atoms with van der Waals surface area (Å²) in [4.78, 5) is 36.1. The number of benzene rings is 2. The number of nitrogens with zero attached hydrogens (tertiary/aromatic N) is 4. The summed E-state index contributed by atoms with van der Waals surface area (Å²) < 4.78 is 53.6. The number of hydrogen-bond donors (Lipinski definition) is 0. The summed E-state index contributed by atoms with van der Waals surface area (Å²) in [6.07, 6.45) is 0. The molecular weight excluding hydrogens is 712 g/mol. The predicted molar refractivity (Wildman–Crippen MR) is 201 cm³/mol. The van der Waals surface area contributed by atoms with E-state index in [-0.39, 0.29) is 25.0 Å². The molecule has 2 aromatic carbocycles. The molecule has 2 amide bonds. The summed E-state index contributed by atoms with van der Waals surface area (Å²) in [5.74, 6) is -0.172. The van der Waals surface area contributed by atoms with Gasteiger partial charge in [0, 0.05) is 88.8 Å². The first-order valence-corrected chi connectivity index (χ1v) is 19.5. The standard InChI is InChI=1S/C40H58N4O11/c1-47-39-31-54-29-27-52-24-22-50-20-18-42(14-16-43(39)37(45)33-7-3-5-9-35(33)39)12-11-41-13-15-44-38(46)34-8-4-6-10-36(34)40(44,48-2)32-55-30-28-53-26-25-51-23-21-49-19-17-41/h3-10H,11-32H2,1-2H3. The Hall–Kier alpha value is -3.06. The van der Waals surface area contributed by atoms with Crippen LogP contribution in [0, 0.1) is 0 Å². The van der Waals surface area contributed by atoms with Crippen molar-refractivity contribution >= 4 is 11.8 Å². The van der Waals surface area contributed by atoms with Crippen molar-refractivity contribution in [2.75, 3.05) is 159 Å². The molecule has 2 saturated heterocycles. The van der Waals surface area contributed by atoms with E-state index >= 15 is 0 Å². The topological polar surface area (TPSA) is 130 Å². The third-order valence-electron chi connectivity index (χ3n) is 10.8. The van der Waals surface area contributed by atoms with Gasteiger partial charge in [0.25, 0.3) is 11.8 Å². The summed E-state index contributed by atoms with van der Waals surface area (Å²) in [6, 6.07) is 15.2. The van der Waals surface area contributed by atoms with Gasteiger partial charge in [0.2, 0.25) is 0 Å². The maximum Gasteiger partial charge on any atom is 0.256 e. The van der Waals surface area contributed by atoms with Crippen LogP contribution in [0.4, 0.5) is 0 Å². The second-order valence-electron chi connectivity index (χ2n) is 13.8. The molecule has 15 heteroatoms. The van der Waals surface area contributed by atoms with E-state index in [2.05, 4.69) is 9.80 Å². The number of carbonyl (C=O) groups excluding carboxylic acids is 2. The van der Waals surface area contributed by atoms with Gasteiger partial charge >= 0.3 is 0 Å². The van der Waals surface area contributed by atoms with Gasteiger partial charge in [0.1, 0.15) is 0 Å². The van der Waals surface area contributed by atoms with E-state index in [1.807, 2.05) is 48.5 Å². The summed E-state index contributed by atoms with van der Waals surface area (Å²) in [5, 5.41) is 0. The molecule has 0 spiro atoms. The Morgan fingerprint density at radius 2 is 0.818 bits per heavy atom. The van der Waals surface area contributed by atoms with Gasteiger partial charge in [0.05, 0.1) is 92.5 Å². The van der Waals surface area contributed by atoms with Crippen LogP contribution in [-0.2, 0) is 54.1 Å². The molecule has 0 aliphatic carbocycles. The average molecular weight is 771 g/mol. The van der Waals surface area contributed by atoms with E-state index in [1.165, 1.54) is 0 Å². The Balaban J connectivity index is 1.18. The first kappa shape index (κ1) is 41.6. The van der Waals surface area contributed by atoms with Crippen molar-refractivity contribution < 1.29 is 52.2 Å². The minimum Gasteiger partial charge on any atom is -0.378 e. The van der Waals surface area contributed by atoms with E-state index in [1.54, 1.807) is 24.0 Å². The monoisotopic (exact) mass is 770 g/mol. The van der Waals surface area contributed by atoms with E-state index < -0.39 is 11.4 Å². The van der Waals surface area contributed by atoms with Crippen LogP contribution in [0.2, 0.25) is 0 Å². The first-order chi connectivity index (χ1) is 27.0. The second-order valence-corrected chi connectivity index (χ2v) is 13.8. The number of methoxy groups -OCH3 is 2. The third-order valence-corrected chi connectivity index (χ3v) is 10.8. The van der Waals surface area contributed by atoms with Crippen molar-refractivity contribution in [1.82, 2.24) is 19.6 Å². The van der Waals surface area contributed by atoms with Gasteiger partial charge < -0.3 is 52.4 Å². The number of amides is 2. The SMILES string of the molecule is COC12COCCOCCOCCOCCN(CCN3CCOCCOCCOCC4(OC)c5ccccc5C(=O)N4CC3)CCN1C(=O)c1ccccc12. The molecule has 2 fully saturated rings. The van der Waals surface area contributed by atoms with Gasteiger partial charge in [-0.3, -0.25) is 19.4 Å². The quantitative estimate of drug-likeness (QED) is 0.438. The predicted octanol–water partition coefficient (Wildman–Crippen LogP) is 1.64. The van der Waals surface area contributed by atoms with Crippen LogP contribution < -0.4 is 0 Å². The van der Waals surface area contributed by atoms with E-state index in [0.717, 1.165) is 11.1 Å². The van der Waals surface area contributed by atoms with E-state index in [0.29, 0.717) is 143 Å². The zero-order chi connectivity index (χ0) is 38.4. The Labute approximate surface area is 324 Å². The van der Waals surface area contributed by atoms with E-state index in [4.69, 9.17) is 42.6 Å². The molecule has 2 atom stereocenters. The highest BCUT2D eigenvalue weighted by Gasteiger charge is 2.51. The van der Waals surface area contributed by atoms with Crippen molar-refractivity contribution in [1.29, 1.82) is 0 Å². The van der Waals surface area contributed by atoms with Crippen molar-refractivity contribution in [3.05, 3.63) is 70.8 Å². The van der Waals surface area contributed by atoms with Crippen LogP contribution >= 0.6 is 0 Å². The number of fused-ring (bicyclic) bond motifs is 6. The molecule has 6 rings (SSSR count). The van der Waals surface area contributed by atoms with Crippen LogP contribution in [0.1, 0.15) is 31.8 Å². The van der Waals surface area contributed by atoms with Crippen molar-refractivity contribution in [2.45, 2.75) is 11.4 Å². The van der Waals surface area contributed by atoms with Gasteiger partial charge in [-0.15, -0.1) is 0 Å². The van der Waals surface area contributed by atoms with Gasteiger partial charge in [-0.25, -0.2) is 0 Å². The zero-order valence-corrected chi connectivity index (χ0v) is 32.5. The van der Waals surface area contributed by atoms with Crippen LogP contribution in [0.25, 0.3) is 0 Å². The Kier molecular flexibility index (Phi) is 15.8. The van der Waals surface area contributed by atoms with Crippen LogP contribution in [-0.4, -0.2) is 190 Å². The molecule has 4 aliphatic rings. The Bertz CT molecular complexity index is 1520. The largest absolute Gasteiger partial charge is 0.378 e. The molecule has 0 radical (unpaired) electrons. The number of hydrogen-bond acceptors (Lipinski definition) is 13. The normalized spacial score (nSPS) is 26.9. The fourth-order valence-corrected chi connectivity index (χ4v) is 7.71. The minimum atomic E-state index is -1.07. The average Bonchev–Trinajstić information content (AvgIpc) is 3.59. The van der Waals surface area contributed by atoms with Crippen molar-refractivity contribution in [3.8, 4) is 0 Å². The lowest BCUT2D eigenvalue weighted by Gasteiger charge is -2.39. The molecule has 0 bridgehead atoms. The first-order valence-electron chi connectivity index (χ1n) is 19.5. The molecule has 55 heavy (non-hydrogen) atoms. The summed E-state index contributed by atoms with van der Waals surface area (Å²) >= 11 is 0. The zero-order valence-electron chi connectivity index (χ0n) is 32.5. The number of carbonyl (C=O) groups is 2. The molecule has 4 aliphatic heterocycles. The van der Waals surface area contributed by atoms with Gasteiger partial charge in [-0.05, 0) is 12.1 Å². The maximum atomic E-state index is 14.0. The minimum absolute atomic E-state index is 0.0824. The lowest BCUT2D eigenvalue weighted by molar-refractivity contribution is -0.161. The van der Waals surface area contributed by atoms with Crippen molar-refractivity contribution in [3.63, 3.8) is 0 Å². The van der Waals surface area contributed by atoms with Gasteiger partial charge in [0.15, 0.2) is 11.4 Å². The molecule has 0 aromatic heterocycles. The molecule has 0 saturated carbocycles. The van der Waals surface area contributed by atoms with Gasteiger partial charge in [-0.2, -0.15) is 0 Å². The lowest BCUT2D eigenvalue weighted by Crippen LogP contribution is -2.53. The Morgan fingerprint density at radius 1 is 0.473 bits per heavy atom. The number of ether oxygens (including phenoxy) is 9.